The molecule has 8 N–H and O–H groups in total. The first-order valence-electron chi connectivity index (χ1n) is 7.26. The molecule has 0 aliphatic carbocycles. The molecule has 140 valence electrons. The molecule has 1 aromatic heterocycles. The zero-order valence-electron chi connectivity index (χ0n) is 13.6. The summed E-state index contributed by atoms with van der Waals surface area (Å²) < 4.78 is 24.3. The van der Waals surface area contributed by atoms with Crippen molar-refractivity contribution < 1.29 is 43.5 Å². The molecule has 0 aliphatic rings. The van der Waals surface area contributed by atoms with Crippen molar-refractivity contribution in [2.75, 3.05) is 6.54 Å². The summed E-state index contributed by atoms with van der Waals surface area (Å²) in [6.07, 6.45) is 1.33. The van der Waals surface area contributed by atoms with Crippen LogP contribution >= 0.6 is 15.2 Å². The van der Waals surface area contributed by atoms with Crippen LogP contribution in [0.4, 0.5) is 0 Å². The molecule has 0 saturated carbocycles. The Morgan fingerprint density at radius 3 is 2.16 bits per heavy atom. The van der Waals surface area contributed by atoms with E-state index >= 15 is 0 Å². The van der Waals surface area contributed by atoms with Crippen molar-refractivity contribution in [1.82, 2.24) is 10.4 Å². The maximum atomic E-state index is 11.3. The molecular formula is C10H22B2N3O8P2+. The van der Waals surface area contributed by atoms with E-state index in [9.17, 15) is 19.3 Å². The van der Waals surface area contributed by atoms with Crippen LogP contribution in [0.2, 0.25) is 0 Å². The third-order valence-corrected chi connectivity index (χ3v) is 7.18. The summed E-state index contributed by atoms with van der Waals surface area (Å²) in [7, 11) is -8.70. The van der Waals surface area contributed by atoms with Crippen molar-refractivity contribution in [3.63, 3.8) is 0 Å². The number of pyridine rings is 1. The minimum absolute atomic E-state index is 0.119. The third kappa shape index (κ3) is 6.26. The Labute approximate surface area is 146 Å². The van der Waals surface area contributed by atoms with Gasteiger partial charge in [-0.2, -0.15) is 0 Å². The van der Waals surface area contributed by atoms with E-state index in [4.69, 9.17) is 19.6 Å². The summed E-state index contributed by atoms with van der Waals surface area (Å²) in [4.78, 5) is 36.5. The number of nitrogens with zero attached hydrogens (tertiary/aromatic N) is 1. The Balaban J connectivity index is 2.82. The van der Waals surface area contributed by atoms with Crippen LogP contribution < -0.4 is 14.9 Å². The van der Waals surface area contributed by atoms with Crippen molar-refractivity contribution in [2.45, 2.75) is 24.2 Å². The van der Waals surface area contributed by atoms with Crippen LogP contribution in [0.1, 0.15) is 5.56 Å². The SMILES string of the molecule is BNBNCC(O)C[n+]1ccc(CC(O)(P(=O)(O)O)P(=O)(O)O)cc1. The number of hydrogen-bond donors (Lipinski definition) is 8. The summed E-state index contributed by atoms with van der Waals surface area (Å²) >= 11 is 0. The smallest absolute Gasteiger partial charge is 0.369 e. The average molecular weight is 396 g/mol. The fraction of sp³-hybridized carbons (Fsp3) is 0.500. The molecule has 1 atom stereocenters. The first-order valence-corrected chi connectivity index (χ1v) is 10.5. The van der Waals surface area contributed by atoms with E-state index in [1.807, 2.05) is 0 Å². The topological polar surface area (TPSA) is 183 Å². The fourth-order valence-electron chi connectivity index (χ4n) is 2.05. The first kappa shape index (κ1) is 22.5. The lowest BCUT2D eigenvalue weighted by Gasteiger charge is -2.29. The Morgan fingerprint density at radius 2 is 1.72 bits per heavy atom. The van der Waals surface area contributed by atoms with E-state index in [1.165, 1.54) is 24.5 Å². The summed E-state index contributed by atoms with van der Waals surface area (Å²) in [5.74, 6) is 0. The molecule has 0 fully saturated rings. The van der Waals surface area contributed by atoms with Crippen LogP contribution in [0.5, 0.6) is 0 Å². The maximum Gasteiger partial charge on any atom is 0.369 e. The predicted octanol–water partition coefficient (Wildman–Crippen LogP) is -4.13. The van der Waals surface area contributed by atoms with Crippen LogP contribution in [0, 0.1) is 0 Å². The van der Waals surface area contributed by atoms with Gasteiger partial charge in [0.15, 0.2) is 26.9 Å². The average Bonchev–Trinajstić information content (AvgIpc) is 2.47. The van der Waals surface area contributed by atoms with E-state index in [-0.39, 0.29) is 12.1 Å². The monoisotopic (exact) mass is 396 g/mol. The summed E-state index contributed by atoms with van der Waals surface area (Å²) in [6, 6.07) is 2.70. The largest absolute Gasteiger partial charge is 0.393 e. The lowest BCUT2D eigenvalue weighted by molar-refractivity contribution is -0.703. The quantitative estimate of drug-likeness (QED) is 0.0837. The molecule has 0 saturated heterocycles. The molecule has 11 nitrogen and oxygen atoms in total. The van der Waals surface area contributed by atoms with Gasteiger partial charge in [0.2, 0.25) is 0 Å². The third-order valence-electron chi connectivity index (χ3n) is 3.44. The van der Waals surface area contributed by atoms with Crippen molar-refractivity contribution >= 4 is 30.7 Å². The van der Waals surface area contributed by atoms with Gasteiger partial charge in [-0.05, 0) is 5.56 Å². The van der Waals surface area contributed by atoms with E-state index in [0.717, 1.165) is 0 Å². The van der Waals surface area contributed by atoms with E-state index < -0.39 is 32.8 Å². The molecular weight excluding hydrogens is 374 g/mol. The standard InChI is InChI=1S/C10H21B2N3O8P2/c11-14-12-13-6-9(16)7-15-3-1-8(2-4-15)5-10(17,24(18,19)20)25(21,22)23/h1-4,9,12-14,16-17H,5-7,11H2,(H3-,18,19,20,21,22,23)/p+1. The van der Waals surface area contributed by atoms with Crippen molar-refractivity contribution in [1.29, 1.82) is 0 Å². The van der Waals surface area contributed by atoms with E-state index in [2.05, 4.69) is 10.4 Å². The molecule has 0 radical (unpaired) electrons. The van der Waals surface area contributed by atoms with Crippen LogP contribution in [0.3, 0.4) is 0 Å². The Bertz CT molecular complexity index is 630. The highest BCUT2D eigenvalue weighted by molar-refractivity contribution is 7.72. The van der Waals surface area contributed by atoms with Crippen LogP contribution in [0.25, 0.3) is 0 Å². The van der Waals surface area contributed by atoms with Gasteiger partial charge < -0.3 is 40.2 Å². The lowest BCUT2D eigenvalue weighted by Crippen LogP contribution is -2.45. The molecule has 0 amide bonds. The second-order valence-corrected chi connectivity index (χ2v) is 9.59. The zero-order chi connectivity index (χ0) is 19.3. The molecule has 0 bridgehead atoms. The number of aliphatic hydroxyl groups excluding tert-OH is 1. The van der Waals surface area contributed by atoms with Crippen molar-refractivity contribution in [3.05, 3.63) is 30.1 Å². The van der Waals surface area contributed by atoms with Crippen LogP contribution in [-0.4, -0.2) is 63.0 Å². The van der Waals surface area contributed by atoms with Crippen LogP contribution in [-0.2, 0) is 22.1 Å². The predicted molar refractivity (Wildman–Crippen MR) is 92.2 cm³/mol. The second kappa shape index (κ2) is 8.88. The Morgan fingerprint density at radius 1 is 1.20 bits per heavy atom. The van der Waals surface area contributed by atoms with Gasteiger partial charge in [0.1, 0.15) is 6.10 Å². The van der Waals surface area contributed by atoms with Gasteiger partial charge in [-0.3, -0.25) is 9.13 Å². The fourth-order valence-corrected chi connectivity index (χ4v) is 4.18. The number of aliphatic hydroxyl groups is 2. The van der Waals surface area contributed by atoms with E-state index in [1.54, 1.807) is 12.5 Å². The molecule has 0 aliphatic heterocycles. The number of rotatable bonds is 10. The molecule has 0 spiro atoms. The number of nitrogens with one attached hydrogen (secondary N) is 2. The summed E-state index contributed by atoms with van der Waals surface area (Å²) in [5.41, 5.74) is 0.119. The highest BCUT2D eigenvalue weighted by atomic mass is 31.2. The highest BCUT2D eigenvalue weighted by Gasteiger charge is 2.59. The molecule has 1 rings (SSSR count). The molecule has 1 aromatic rings. The Hall–Kier alpha value is -0.580. The number of aromatic nitrogens is 1. The van der Waals surface area contributed by atoms with Crippen LogP contribution in [0.15, 0.2) is 24.5 Å². The van der Waals surface area contributed by atoms with Gasteiger partial charge in [-0.25, -0.2) is 4.57 Å². The van der Waals surface area contributed by atoms with Gasteiger partial charge in [-0.1, -0.05) is 0 Å². The van der Waals surface area contributed by atoms with Gasteiger partial charge in [0.25, 0.3) is 12.6 Å². The van der Waals surface area contributed by atoms with Crippen molar-refractivity contribution in [2.24, 2.45) is 0 Å². The molecule has 0 aromatic carbocycles. The molecule has 25 heavy (non-hydrogen) atoms. The van der Waals surface area contributed by atoms with E-state index in [0.29, 0.717) is 14.1 Å². The second-order valence-electron chi connectivity index (χ2n) is 5.58. The first-order chi connectivity index (χ1) is 11.4. The number of hydrogen-bond acceptors (Lipinski definition) is 6. The normalized spacial score (nSPS) is 14.3. The zero-order valence-corrected chi connectivity index (χ0v) is 15.3. The minimum atomic E-state index is -5.49. The molecule has 1 unspecified atom stereocenters. The van der Waals surface area contributed by atoms with Gasteiger partial charge in [0.05, 0.1) is 0 Å². The highest BCUT2D eigenvalue weighted by Crippen LogP contribution is 2.68. The van der Waals surface area contributed by atoms with Gasteiger partial charge in [0, 0.05) is 25.1 Å². The minimum Gasteiger partial charge on any atom is -0.393 e. The van der Waals surface area contributed by atoms with Crippen molar-refractivity contribution in [3.8, 4) is 0 Å². The molecule has 1 heterocycles. The Kier molecular flexibility index (Phi) is 7.97. The summed E-state index contributed by atoms with van der Waals surface area (Å²) in [6.45, 7) is 0.573. The van der Waals surface area contributed by atoms with Gasteiger partial charge in [-0.15, -0.1) is 0 Å². The lowest BCUT2D eigenvalue weighted by atomic mass is 10.1. The maximum absolute atomic E-state index is 11.3. The summed E-state index contributed by atoms with van der Waals surface area (Å²) in [5, 5.41) is 22.1. The molecule has 15 heteroatoms. The van der Waals surface area contributed by atoms with Gasteiger partial charge >= 0.3 is 15.2 Å².